The fourth-order valence-electron chi connectivity index (χ4n) is 0.996. The van der Waals surface area contributed by atoms with E-state index in [0.29, 0.717) is 13.2 Å². The summed E-state index contributed by atoms with van der Waals surface area (Å²) in [6.07, 6.45) is 13.5. The minimum atomic E-state index is -0.318. The quantitative estimate of drug-likeness (QED) is 0.109. The van der Waals surface area contributed by atoms with Gasteiger partial charge in [0.1, 0.15) is 6.26 Å². The molecule has 0 bridgehead atoms. The monoisotopic (exact) mass is 268 g/mol. The Hall–Kier alpha value is -1.55. The predicted molar refractivity (Wildman–Crippen MR) is 75.2 cm³/mol. The third kappa shape index (κ3) is 14.4. The van der Waals surface area contributed by atoms with Gasteiger partial charge in [-0.15, -0.1) is 0 Å². The molecule has 0 rings (SSSR count). The standard InChI is InChI=1S/C15H24O4/c1-3-5-12-17-15(16)11-9-7-8-10-14-19-18-13-6-4-2/h7-11,14H,3-6,12-13H2,1-2H3/b8-7-,11-9-,14-10+. The van der Waals surface area contributed by atoms with Gasteiger partial charge in [0, 0.05) is 6.08 Å². The van der Waals surface area contributed by atoms with Crippen LogP contribution in [0, 0.1) is 0 Å². The Morgan fingerprint density at radius 1 is 0.947 bits per heavy atom. The molecule has 19 heavy (non-hydrogen) atoms. The molecule has 0 fully saturated rings. The van der Waals surface area contributed by atoms with Crippen LogP contribution in [0.5, 0.6) is 0 Å². The van der Waals surface area contributed by atoms with E-state index in [2.05, 4.69) is 6.92 Å². The van der Waals surface area contributed by atoms with Crippen molar-refractivity contribution in [3.63, 3.8) is 0 Å². The SMILES string of the molecule is CCCCOO/C=C/C=C\C=C/C(=O)OCCCC. The molecular formula is C15H24O4. The number of hydrogen-bond acceptors (Lipinski definition) is 4. The summed E-state index contributed by atoms with van der Waals surface area (Å²) >= 11 is 0. The third-order valence-corrected chi connectivity index (χ3v) is 2.09. The molecule has 0 N–H and O–H groups in total. The van der Waals surface area contributed by atoms with E-state index in [0.717, 1.165) is 25.7 Å². The molecule has 0 aliphatic carbocycles. The maximum Gasteiger partial charge on any atom is 0.330 e. The zero-order chi connectivity index (χ0) is 14.2. The van der Waals surface area contributed by atoms with E-state index < -0.39 is 0 Å². The fourth-order valence-corrected chi connectivity index (χ4v) is 0.996. The topological polar surface area (TPSA) is 44.8 Å². The first-order valence-corrected chi connectivity index (χ1v) is 6.76. The highest BCUT2D eigenvalue weighted by Crippen LogP contribution is 1.91. The van der Waals surface area contributed by atoms with Crippen molar-refractivity contribution < 1.29 is 19.3 Å². The molecule has 0 saturated carbocycles. The molecule has 0 aromatic rings. The summed E-state index contributed by atoms with van der Waals surface area (Å²) in [6.45, 7) is 5.20. The molecular weight excluding hydrogens is 244 g/mol. The van der Waals surface area contributed by atoms with Gasteiger partial charge in [0.2, 0.25) is 0 Å². The fraction of sp³-hybridized carbons (Fsp3) is 0.533. The molecule has 4 heteroatoms. The molecule has 4 nitrogen and oxygen atoms in total. The minimum Gasteiger partial charge on any atom is -0.463 e. The molecule has 0 unspecified atom stereocenters. The summed E-state index contributed by atoms with van der Waals surface area (Å²) in [5, 5.41) is 0. The van der Waals surface area contributed by atoms with E-state index in [1.165, 1.54) is 12.3 Å². The first-order valence-electron chi connectivity index (χ1n) is 6.76. The van der Waals surface area contributed by atoms with Crippen LogP contribution in [0.3, 0.4) is 0 Å². The predicted octanol–water partition coefficient (Wildman–Crippen LogP) is 3.70. The summed E-state index contributed by atoms with van der Waals surface area (Å²) < 4.78 is 4.94. The Balaban J connectivity index is 3.54. The Morgan fingerprint density at radius 3 is 2.37 bits per heavy atom. The van der Waals surface area contributed by atoms with Gasteiger partial charge in [-0.1, -0.05) is 44.9 Å². The van der Waals surface area contributed by atoms with Crippen LogP contribution in [-0.4, -0.2) is 19.2 Å². The van der Waals surface area contributed by atoms with Gasteiger partial charge in [-0.3, -0.25) is 0 Å². The van der Waals surface area contributed by atoms with Crippen molar-refractivity contribution in [3.8, 4) is 0 Å². The molecule has 0 atom stereocenters. The Morgan fingerprint density at radius 2 is 1.63 bits per heavy atom. The lowest BCUT2D eigenvalue weighted by Gasteiger charge is -1.98. The smallest absolute Gasteiger partial charge is 0.330 e. The van der Waals surface area contributed by atoms with Crippen LogP contribution in [0.4, 0.5) is 0 Å². The lowest BCUT2D eigenvalue weighted by Crippen LogP contribution is -2.01. The number of carbonyl (C=O) groups excluding carboxylic acids is 1. The second-order valence-corrected chi connectivity index (χ2v) is 3.87. The Kier molecular flexibility index (Phi) is 13.3. The van der Waals surface area contributed by atoms with E-state index in [4.69, 9.17) is 14.5 Å². The number of rotatable bonds is 11. The highest BCUT2D eigenvalue weighted by atomic mass is 17.2. The van der Waals surface area contributed by atoms with Crippen molar-refractivity contribution in [2.75, 3.05) is 13.2 Å². The number of esters is 1. The van der Waals surface area contributed by atoms with Crippen molar-refractivity contribution in [1.82, 2.24) is 0 Å². The van der Waals surface area contributed by atoms with Crippen LogP contribution in [-0.2, 0) is 19.3 Å². The molecule has 0 aliphatic heterocycles. The first kappa shape index (κ1) is 17.4. The van der Waals surface area contributed by atoms with Gasteiger partial charge < -0.3 is 9.62 Å². The van der Waals surface area contributed by atoms with E-state index in [-0.39, 0.29) is 5.97 Å². The van der Waals surface area contributed by atoms with Gasteiger partial charge in [0.25, 0.3) is 0 Å². The van der Waals surface area contributed by atoms with Crippen molar-refractivity contribution >= 4 is 5.97 Å². The maximum atomic E-state index is 11.1. The third-order valence-electron chi connectivity index (χ3n) is 2.09. The van der Waals surface area contributed by atoms with Gasteiger partial charge in [-0.2, -0.15) is 4.89 Å². The second-order valence-electron chi connectivity index (χ2n) is 3.87. The number of unbranched alkanes of at least 4 members (excludes halogenated alkanes) is 2. The zero-order valence-corrected chi connectivity index (χ0v) is 11.8. The van der Waals surface area contributed by atoms with Crippen molar-refractivity contribution in [2.24, 2.45) is 0 Å². The van der Waals surface area contributed by atoms with E-state index in [1.54, 1.807) is 24.3 Å². The van der Waals surface area contributed by atoms with Gasteiger partial charge in [0.05, 0.1) is 13.2 Å². The molecule has 0 aromatic carbocycles. The van der Waals surface area contributed by atoms with Crippen molar-refractivity contribution in [2.45, 2.75) is 39.5 Å². The molecule has 0 amide bonds. The molecule has 108 valence electrons. The summed E-state index contributed by atoms with van der Waals surface area (Å²) in [5.74, 6) is -0.318. The normalized spacial score (nSPS) is 11.7. The highest BCUT2D eigenvalue weighted by molar-refractivity contribution is 5.82. The number of ether oxygens (including phenoxy) is 1. The summed E-state index contributed by atoms with van der Waals surface area (Å²) in [6, 6.07) is 0. The Labute approximate surface area is 115 Å². The average Bonchev–Trinajstić information content (AvgIpc) is 2.41. The van der Waals surface area contributed by atoms with Crippen molar-refractivity contribution in [3.05, 3.63) is 36.6 Å². The van der Waals surface area contributed by atoms with E-state index in [9.17, 15) is 4.79 Å². The molecule has 0 aromatic heterocycles. The summed E-state index contributed by atoms with van der Waals surface area (Å²) in [4.78, 5) is 20.8. The van der Waals surface area contributed by atoms with E-state index >= 15 is 0 Å². The van der Waals surface area contributed by atoms with Crippen LogP contribution >= 0.6 is 0 Å². The lowest BCUT2D eigenvalue weighted by atomic mass is 10.4. The number of allylic oxidation sites excluding steroid dienone is 4. The average molecular weight is 268 g/mol. The van der Waals surface area contributed by atoms with Crippen LogP contribution in [0.1, 0.15) is 39.5 Å². The van der Waals surface area contributed by atoms with Gasteiger partial charge in [-0.25, -0.2) is 4.79 Å². The second kappa shape index (κ2) is 14.5. The summed E-state index contributed by atoms with van der Waals surface area (Å²) in [5.41, 5.74) is 0. The van der Waals surface area contributed by atoms with Gasteiger partial charge >= 0.3 is 5.97 Å². The zero-order valence-electron chi connectivity index (χ0n) is 11.8. The van der Waals surface area contributed by atoms with Crippen LogP contribution in [0.2, 0.25) is 0 Å². The molecule has 0 aliphatic rings. The molecule has 0 spiro atoms. The van der Waals surface area contributed by atoms with Crippen LogP contribution < -0.4 is 0 Å². The van der Waals surface area contributed by atoms with Gasteiger partial charge in [-0.05, 0) is 18.9 Å². The van der Waals surface area contributed by atoms with Crippen molar-refractivity contribution in [1.29, 1.82) is 0 Å². The number of carbonyl (C=O) groups is 1. The maximum absolute atomic E-state index is 11.1. The minimum absolute atomic E-state index is 0.318. The first-order chi connectivity index (χ1) is 9.31. The Bertz CT molecular complexity index is 293. The van der Waals surface area contributed by atoms with Crippen LogP contribution in [0.25, 0.3) is 0 Å². The molecule has 0 radical (unpaired) electrons. The largest absolute Gasteiger partial charge is 0.463 e. The number of hydrogen-bond donors (Lipinski definition) is 0. The van der Waals surface area contributed by atoms with Crippen LogP contribution in [0.15, 0.2) is 36.6 Å². The molecule has 0 saturated heterocycles. The summed E-state index contributed by atoms with van der Waals surface area (Å²) in [7, 11) is 0. The van der Waals surface area contributed by atoms with Gasteiger partial charge in [0.15, 0.2) is 0 Å². The molecule has 0 heterocycles. The lowest BCUT2D eigenvalue weighted by molar-refractivity contribution is -0.248. The highest BCUT2D eigenvalue weighted by Gasteiger charge is 1.93. The van der Waals surface area contributed by atoms with E-state index in [1.807, 2.05) is 6.92 Å².